The zero-order valence-electron chi connectivity index (χ0n) is 26.2. The predicted molar refractivity (Wildman–Crippen MR) is 183 cm³/mol. The highest BCUT2D eigenvalue weighted by Crippen LogP contribution is 2.36. The first kappa shape index (κ1) is 33.0. The minimum absolute atomic E-state index is 0.0283. The number of alkyl halides is 2. The van der Waals surface area contributed by atoms with Gasteiger partial charge in [-0.1, -0.05) is 23.4 Å². The minimum atomic E-state index is -2.51. The normalized spacial score (nSPS) is 13.9. The van der Waals surface area contributed by atoms with Gasteiger partial charge >= 0.3 is 5.97 Å². The molecule has 9 nitrogen and oxygen atoms in total. The Kier molecular flexibility index (Phi) is 8.92. The van der Waals surface area contributed by atoms with Crippen LogP contribution >= 0.6 is 22.9 Å². The lowest BCUT2D eigenvalue weighted by molar-refractivity contribution is -0.0348. The summed E-state index contributed by atoms with van der Waals surface area (Å²) in [5.74, 6) is 5.54. The number of carboxylic acids is 1. The summed E-state index contributed by atoms with van der Waals surface area (Å²) < 4.78 is 29.4. The van der Waals surface area contributed by atoms with Gasteiger partial charge in [0.2, 0.25) is 0 Å². The van der Waals surface area contributed by atoms with Crippen molar-refractivity contribution in [3.05, 3.63) is 85.9 Å². The average Bonchev–Trinajstić information content (AvgIpc) is 3.51. The van der Waals surface area contributed by atoms with Crippen LogP contribution in [0.15, 0.2) is 52.9 Å². The number of hydrogen-bond acceptors (Lipinski definition) is 8. The maximum absolute atomic E-state index is 13.9. The maximum atomic E-state index is 13.9. The number of rotatable bonds is 6. The fourth-order valence-electron chi connectivity index (χ4n) is 5.99. The number of piperazine rings is 1. The van der Waals surface area contributed by atoms with Crippen LogP contribution in [0.25, 0.3) is 32.1 Å². The molecular formula is C35H29ClF2N6O3S. The first-order chi connectivity index (χ1) is 22.9. The Morgan fingerprint density at radius 1 is 1.15 bits per heavy atom. The van der Waals surface area contributed by atoms with Gasteiger partial charge in [0.1, 0.15) is 17.5 Å². The lowest BCUT2D eigenvalue weighted by Gasteiger charge is -2.43. The van der Waals surface area contributed by atoms with E-state index in [-0.39, 0.29) is 28.6 Å². The molecule has 0 radical (unpaired) electrons. The Hall–Kier alpha value is -4.88. The molecule has 48 heavy (non-hydrogen) atoms. The second-order valence-corrected chi connectivity index (χ2v) is 13.3. The van der Waals surface area contributed by atoms with E-state index in [1.807, 2.05) is 4.90 Å². The van der Waals surface area contributed by atoms with Gasteiger partial charge in [0.15, 0.2) is 0 Å². The molecule has 0 bridgehead atoms. The first-order valence-corrected chi connectivity index (χ1v) is 16.3. The van der Waals surface area contributed by atoms with Crippen molar-refractivity contribution in [2.24, 2.45) is 0 Å². The molecule has 6 rings (SSSR count). The van der Waals surface area contributed by atoms with Gasteiger partial charge in [0.05, 0.1) is 33.2 Å². The van der Waals surface area contributed by atoms with Gasteiger partial charge in [-0.05, 0) is 51.1 Å². The lowest BCUT2D eigenvalue weighted by Crippen LogP contribution is -2.57. The van der Waals surface area contributed by atoms with Crippen LogP contribution in [0.3, 0.4) is 0 Å². The van der Waals surface area contributed by atoms with E-state index in [1.54, 1.807) is 59.9 Å². The largest absolute Gasteiger partial charge is 0.478 e. The summed E-state index contributed by atoms with van der Waals surface area (Å²) in [5.41, 5.74) is 1.66. The van der Waals surface area contributed by atoms with Crippen LogP contribution in [-0.4, -0.2) is 68.7 Å². The zero-order valence-corrected chi connectivity index (χ0v) is 27.8. The number of halogens is 3. The molecule has 0 aliphatic carbocycles. The van der Waals surface area contributed by atoms with E-state index in [0.717, 1.165) is 5.56 Å². The van der Waals surface area contributed by atoms with Crippen molar-refractivity contribution < 1.29 is 18.7 Å². The number of aromatic nitrogens is 3. The number of carbonyl (C=O) groups is 1. The molecule has 1 fully saturated rings. The molecule has 0 spiro atoms. The Morgan fingerprint density at radius 3 is 2.58 bits per heavy atom. The highest BCUT2D eigenvalue weighted by molar-refractivity contribution is 7.18. The molecule has 5 aromatic rings. The summed E-state index contributed by atoms with van der Waals surface area (Å²) in [6.07, 6.45) is 0.613. The second kappa shape index (κ2) is 13.0. The third-order valence-corrected chi connectivity index (χ3v) is 10.0. The Balaban J connectivity index is 1.34. The fraction of sp³-hybridized carbons (Fsp3) is 0.286. The van der Waals surface area contributed by atoms with E-state index < -0.39 is 17.9 Å². The monoisotopic (exact) mass is 686 g/mol. The molecule has 0 saturated carbocycles. The molecule has 4 aromatic heterocycles. The fourth-order valence-corrected chi connectivity index (χ4v) is 7.19. The molecule has 1 aliphatic heterocycles. The molecule has 1 aromatic carbocycles. The number of anilines is 1. The van der Waals surface area contributed by atoms with Gasteiger partial charge in [-0.25, -0.2) is 18.6 Å². The molecule has 5 heterocycles. The van der Waals surface area contributed by atoms with Crippen LogP contribution in [0.5, 0.6) is 0 Å². The molecule has 13 heteroatoms. The van der Waals surface area contributed by atoms with Crippen molar-refractivity contribution in [3.63, 3.8) is 0 Å². The highest BCUT2D eigenvalue weighted by atomic mass is 35.5. The van der Waals surface area contributed by atoms with Gasteiger partial charge in [-0.2, -0.15) is 5.26 Å². The Labute approximate surface area is 283 Å². The van der Waals surface area contributed by atoms with Crippen LogP contribution in [0, 0.1) is 30.1 Å². The number of pyridine rings is 3. The van der Waals surface area contributed by atoms with Crippen LogP contribution in [-0.2, 0) is 6.54 Å². The van der Waals surface area contributed by atoms with E-state index in [0.29, 0.717) is 69.4 Å². The summed E-state index contributed by atoms with van der Waals surface area (Å²) in [6, 6.07) is 11.0. The van der Waals surface area contributed by atoms with E-state index >= 15 is 0 Å². The van der Waals surface area contributed by atoms with Crippen molar-refractivity contribution in [1.82, 2.24) is 19.4 Å². The second-order valence-electron chi connectivity index (χ2n) is 12.0. The van der Waals surface area contributed by atoms with E-state index in [2.05, 4.69) is 27.9 Å². The molecule has 0 unspecified atom stereocenters. The van der Waals surface area contributed by atoms with Gasteiger partial charge in [-0.15, -0.1) is 11.3 Å². The molecular weight excluding hydrogens is 658 g/mol. The first-order valence-electron chi connectivity index (χ1n) is 15.0. The smallest absolute Gasteiger partial charge is 0.338 e. The Morgan fingerprint density at radius 2 is 1.90 bits per heavy atom. The molecule has 1 N–H and O–H groups in total. The Bertz CT molecular complexity index is 2260. The summed E-state index contributed by atoms with van der Waals surface area (Å²) in [7, 11) is 0. The van der Waals surface area contributed by atoms with Gasteiger partial charge in [-0.3, -0.25) is 14.7 Å². The third kappa shape index (κ3) is 5.88. The van der Waals surface area contributed by atoms with E-state index in [1.165, 1.54) is 29.8 Å². The van der Waals surface area contributed by atoms with E-state index in [9.17, 15) is 28.7 Å². The molecule has 244 valence electrons. The number of benzene rings is 1. The van der Waals surface area contributed by atoms with Crippen molar-refractivity contribution in [2.75, 3.05) is 31.1 Å². The summed E-state index contributed by atoms with van der Waals surface area (Å²) in [6.45, 7) is 6.33. The van der Waals surface area contributed by atoms with Crippen molar-refractivity contribution in [2.45, 2.75) is 39.3 Å². The molecule has 1 saturated heterocycles. The number of carboxylic acid groups (broad SMARTS) is 1. The van der Waals surface area contributed by atoms with Crippen LogP contribution < -0.4 is 10.5 Å². The molecule has 0 atom stereocenters. The number of nitriles is 1. The van der Waals surface area contributed by atoms with Crippen molar-refractivity contribution in [1.29, 1.82) is 5.26 Å². The zero-order chi connectivity index (χ0) is 34.3. The minimum Gasteiger partial charge on any atom is -0.478 e. The third-order valence-electron chi connectivity index (χ3n) is 8.79. The maximum Gasteiger partial charge on any atom is 0.338 e. The number of fused-ring (bicyclic) bond motifs is 2. The van der Waals surface area contributed by atoms with Crippen LogP contribution in [0.2, 0.25) is 5.02 Å². The van der Waals surface area contributed by atoms with Gasteiger partial charge < -0.3 is 14.6 Å². The summed E-state index contributed by atoms with van der Waals surface area (Å²) in [5, 5.41) is 22.6. The van der Waals surface area contributed by atoms with Gasteiger partial charge in [0.25, 0.3) is 12.0 Å². The standard InChI is InChI=1S/C35H29ClF2N6O3S/c1-20-15-22-18-41-31(42-11-13-43(14-12-42)35(2,3)34(37)38)26(17-39)28(22)32(45)44(20)10-4-5-21-6-7-23(36)16-25(21)24-8-9-40-29-27(33(46)47)19-48-30(24)29/h6-9,15-16,18-19,34H,10-14H2,1-3H3,(H,46,47). The highest BCUT2D eigenvalue weighted by Gasteiger charge is 2.38. The van der Waals surface area contributed by atoms with Crippen LogP contribution in [0.4, 0.5) is 14.6 Å². The number of hydrogen-bond donors (Lipinski definition) is 1. The number of aryl methyl sites for hydroxylation is 1. The number of thiophene rings is 1. The molecule has 0 amide bonds. The molecule has 1 aliphatic rings. The quantitative estimate of drug-likeness (QED) is 0.204. The number of nitrogens with zero attached hydrogens (tertiary/aromatic N) is 6. The predicted octanol–water partition coefficient (Wildman–Crippen LogP) is 6.42. The van der Waals surface area contributed by atoms with Crippen molar-refractivity contribution >= 4 is 55.7 Å². The average molecular weight is 687 g/mol. The summed E-state index contributed by atoms with van der Waals surface area (Å²) in [4.78, 5) is 38.0. The number of aromatic carboxylic acids is 1. The van der Waals surface area contributed by atoms with Gasteiger partial charge in [0, 0.05) is 76.7 Å². The lowest BCUT2D eigenvalue weighted by atomic mass is 10.00. The topological polar surface area (TPSA) is 115 Å². The van der Waals surface area contributed by atoms with E-state index in [4.69, 9.17) is 11.6 Å². The van der Waals surface area contributed by atoms with Crippen molar-refractivity contribution in [3.8, 4) is 29.0 Å². The SMILES string of the molecule is Cc1cc2cnc(N3CCN(C(C)(C)C(F)F)CC3)c(C#N)c2c(=O)n1CC#Cc1ccc(Cl)cc1-c1ccnc2c(C(=O)O)csc12. The summed E-state index contributed by atoms with van der Waals surface area (Å²) >= 11 is 7.64. The van der Waals surface area contributed by atoms with Crippen LogP contribution in [0.1, 0.15) is 41.0 Å².